The van der Waals surface area contributed by atoms with Crippen LogP contribution in [0.1, 0.15) is 31.4 Å². The molecule has 0 N–H and O–H groups in total. The minimum Gasteiger partial charge on any atom is -0.375 e. The van der Waals surface area contributed by atoms with E-state index in [-0.39, 0.29) is 30.2 Å². The zero-order valence-corrected chi connectivity index (χ0v) is 12.9. The van der Waals surface area contributed by atoms with Crippen LogP contribution in [-0.2, 0) is 16.1 Å². The normalized spacial score (nSPS) is 21.0. The zero-order valence-electron chi connectivity index (χ0n) is 12.9. The highest BCUT2D eigenvalue weighted by molar-refractivity contribution is 5.76. The quantitative estimate of drug-likeness (QED) is 0.746. The third-order valence-electron chi connectivity index (χ3n) is 4.14. The van der Waals surface area contributed by atoms with Gasteiger partial charge in [-0.25, -0.2) is 9.36 Å². The molecular formula is C15H18N4O4. The van der Waals surface area contributed by atoms with Crippen LogP contribution in [0.15, 0.2) is 15.8 Å². The van der Waals surface area contributed by atoms with Crippen LogP contribution >= 0.6 is 0 Å². The van der Waals surface area contributed by atoms with Gasteiger partial charge < -0.3 is 9.64 Å². The van der Waals surface area contributed by atoms with Crippen molar-refractivity contribution in [3.63, 3.8) is 0 Å². The Morgan fingerprint density at radius 3 is 2.78 bits per heavy atom. The van der Waals surface area contributed by atoms with E-state index in [0.29, 0.717) is 19.7 Å². The Bertz CT molecular complexity index is 784. The van der Waals surface area contributed by atoms with E-state index in [0.717, 1.165) is 17.4 Å². The number of nitriles is 1. The van der Waals surface area contributed by atoms with Crippen molar-refractivity contribution in [2.24, 2.45) is 0 Å². The summed E-state index contributed by atoms with van der Waals surface area (Å²) in [5.41, 5.74) is -1.34. The Hall–Kier alpha value is -2.40. The number of amides is 1. The molecule has 1 atom stereocenters. The maximum Gasteiger partial charge on any atom is 0.331 e. The smallest absolute Gasteiger partial charge is 0.331 e. The van der Waals surface area contributed by atoms with Crippen molar-refractivity contribution in [3.8, 4) is 6.07 Å². The van der Waals surface area contributed by atoms with Gasteiger partial charge in [-0.3, -0.25) is 14.2 Å². The lowest BCUT2D eigenvalue weighted by Crippen LogP contribution is -2.49. The van der Waals surface area contributed by atoms with Crippen molar-refractivity contribution in [1.29, 1.82) is 5.26 Å². The fraction of sp³-hybridized carbons (Fsp3) is 0.600. The molecule has 122 valence electrons. The number of nitrogens with zero attached hydrogens (tertiary/aromatic N) is 4. The summed E-state index contributed by atoms with van der Waals surface area (Å²) in [6.07, 6.45) is 2.92. The number of morpholine rings is 1. The van der Waals surface area contributed by atoms with E-state index in [1.165, 1.54) is 10.8 Å². The molecule has 1 unspecified atom stereocenters. The van der Waals surface area contributed by atoms with Crippen molar-refractivity contribution in [3.05, 3.63) is 32.6 Å². The SMILES string of the molecule is CC1CN(C(=O)Cn2c(=O)c(C#N)cn(C3CC3)c2=O)CCO1. The molecule has 23 heavy (non-hydrogen) atoms. The van der Waals surface area contributed by atoms with Gasteiger partial charge in [-0.15, -0.1) is 0 Å². The maximum atomic E-state index is 12.4. The summed E-state index contributed by atoms with van der Waals surface area (Å²) in [7, 11) is 0. The van der Waals surface area contributed by atoms with Crippen LogP contribution in [0.5, 0.6) is 0 Å². The molecule has 0 aromatic carbocycles. The molecular weight excluding hydrogens is 300 g/mol. The molecule has 0 spiro atoms. The second-order valence-electron chi connectivity index (χ2n) is 5.99. The largest absolute Gasteiger partial charge is 0.375 e. The van der Waals surface area contributed by atoms with Crippen LogP contribution in [0.2, 0.25) is 0 Å². The Labute approximate surface area is 132 Å². The van der Waals surface area contributed by atoms with Crippen LogP contribution < -0.4 is 11.2 Å². The lowest BCUT2D eigenvalue weighted by Gasteiger charge is -2.31. The Balaban J connectivity index is 1.91. The molecule has 1 aromatic rings. The molecule has 0 bridgehead atoms. The molecule has 1 saturated heterocycles. The number of ether oxygens (including phenoxy) is 1. The maximum absolute atomic E-state index is 12.4. The van der Waals surface area contributed by atoms with Crippen molar-refractivity contribution >= 4 is 5.91 Å². The monoisotopic (exact) mass is 318 g/mol. The minimum atomic E-state index is -0.705. The van der Waals surface area contributed by atoms with E-state index in [9.17, 15) is 14.4 Å². The van der Waals surface area contributed by atoms with E-state index in [2.05, 4.69) is 0 Å². The van der Waals surface area contributed by atoms with Gasteiger partial charge in [0.15, 0.2) is 0 Å². The van der Waals surface area contributed by atoms with Gasteiger partial charge in [0.1, 0.15) is 18.2 Å². The van der Waals surface area contributed by atoms with Gasteiger partial charge in [-0.2, -0.15) is 5.26 Å². The summed E-state index contributed by atoms with van der Waals surface area (Å²) in [4.78, 5) is 38.7. The van der Waals surface area contributed by atoms with Crippen LogP contribution in [0.25, 0.3) is 0 Å². The topological polar surface area (TPSA) is 97.3 Å². The van der Waals surface area contributed by atoms with Crippen LogP contribution in [-0.4, -0.2) is 45.7 Å². The number of hydrogen-bond acceptors (Lipinski definition) is 5. The molecule has 1 saturated carbocycles. The van der Waals surface area contributed by atoms with Gasteiger partial charge in [0.25, 0.3) is 5.56 Å². The predicted molar refractivity (Wildman–Crippen MR) is 79.9 cm³/mol. The third-order valence-corrected chi connectivity index (χ3v) is 4.14. The van der Waals surface area contributed by atoms with Gasteiger partial charge in [0.2, 0.25) is 5.91 Å². The Morgan fingerprint density at radius 2 is 2.17 bits per heavy atom. The predicted octanol–water partition coefficient (Wildman–Crippen LogP) is -0.536. The lowest BCUT2D eigenvalue weighted by molar-refractivity contribution is -0.138. The zero-order chi connectivity index (χ0) is 16.6. The lowest BCUT2D eigenvalue weighted by atomic mass is 10.3. The van der Waals surface area contributed by atoms with E-state index in [4.69, 9.17) is 10.00 Å². The molecule has 1 amide bonds. The van der Waals surface area contributed by atoms with Gasteiger partial charge in [-0.05, 0) is 19.8 Å². The summed E-state index contributed by atoms with van der Waals surface area (Å²) in [6.45, 7) is 2.83. The first-order valence-corrected chi connectivity index (χ1v) is 7.66. The fourth-order valence-corrected chi connectivity index (χ4v) is 2.73. The summed E-state index contributed by atoms with van der Waals surface area (Å²) in [5, 5.41) is 9.09. The highest BCUT2D eigenvalue weighted by Crippen LogP contribution is 2.33. The summed E-state index contributed by atoms with van der Waals surface area (Å²) in [6, 6.07) is 1.84. The number of aromatic nitrogens is 2. The first-order chi connectivity index (χ1) is 11.0. The van der Waals surface area contributed by atoms with Gasteiger partial charge in [-0.1, -0.05) is 0 Å². The summed E-state index contributed by atoms with van der Waals surface area (Å²) < 4.78 is 7.65. The van der Waals surface area contributed by atoms with Gasteiger partial charge >= 0.3 is 5.69 Å². The van der Waals surface area contributed by atoms with Crippen molar-refractivity contribution < 1.29 is 9.53 Å². The number of carbonyl (C=O) groups is 1. The molecule has 0 radical (unpaired) electrons. The molecule has 1 aliphatic carbocycles. The van der Waals surface area contributed by atoms with Gasteiger partial charge in [0.05, 0.1) is 12.7 Å². The molecule has 8 nitrogen and oxygen atoms in total. The van der Waals surface area contributed by atoms with Crippen molar-refractivity contribution in [2.45, 2.75) is 38.5 Å². The Kier molecular flexibility index (Phi) is 4.05. The highest BCUT2D eigenvalue weighted by atomic mass is 16.5. The van der Waals surface area contributed by atoms with Crippen LogP contribution in [0, 0.1) is 11.3 Å². The second-order valence-corrected chi connectivity index (χ2v) is 5.99. The number of hydrogen-bond donors (Lipinski definition) is 0. The molecule has 8 heteroatoms. The average Bonchev–Trinajstić information content (AvgIpc) is 3.36. The molecule has 2 aliphatic rings. The van der Waals surface area contributed by atoms with Gasteiger partial charge in [0, 0.05) is 25.3 Å². The summed E-state index contributed by atoms with van der Waals surface area (Å²) in [5.74, 6) is -0.309. The molecule has 1 aliphatic heterocycles. The van der Waals surface area contributed by atoms with E-state index in [1.54, 1.807) is 4.90 Å². The fourth-order valence-electron chi connectivity index (χ4n) is 2.73. The van der Waals surface area contributed by atoms with Crippen LogP contribution in [0.4, 0.5) is 0 Å². The molecule has 2 heterocycles. The van der Waals surface area contributed by atoms with Crippen molar-refractivity contribution in [2.75, 3.05) is 19.7 Å². The highest BCUT2D eigenvalue weighted by Gasteiger charge is 2.28. The van der Waals surface area contributed by atoms with Crippen molar-refractivity contribution in [1.82, 2.24) is 14.0 Å². The first kappa shape index (κ1) is 15.5. The van der Waals surface area contributed by atoms with E-state index >= 15 is 0 Å². The Morgan fingerprint density at radius 1 is 1.43 bits per heavy atom. The number of carbonyl (C=O) groups excluding carboxylic acids is 1. The molecule has 3 rings (SSSR count). The second kappa shape index (κ2) is 6.01. The standard InChI is InChI=1S/C15H18N4O4/c1-10-7-17(4-5-23-10)13(20)9-19-14(21)11(6-16)8-18(15(19)22)12-2-3-12/h8,10,12H,2-5,7,9H2,1H3. The van der Waals surface area contributed by atoms with E-state index < -0.39 is 11.2 Å². The van der Waals surface area contributed by atoms with Crippen LogP contribution in [0.3, 0.4) is 0 Å². The average molecular weight is 318 g/mol. The third kappa shape index (κ3) is 3.05. The first-order valence-electron chi connectivity index (χ1n) is 7.66. The number of rotatable bonds is 3. The molecule has 1 aromatic heterocycles. The summed E-state index contributed by atoms with van der Waals surface area (Å²) >= 11 is 0. The van der Waals surface area contributed by atoms with E-state index in [1.807, 2.05) is 13.0 Å². The minimum absolute atomic E-state index is 0.0277. The molecule has 2 fully saturated rings.